The summed E-state index contributed by atoms with van der Waals surface area (Å²) in [4.78, 5) is 29.0. The smallest absolute Gasteiger partial charge is 0.265 e. The molecule has 4 rings (SSSR count). The van der Waals surface area contributed by atoms with Gasteiger partial charge >= 0.3 is 0 Å². The van der Waals surface area contributed by atoms with Crippen LogP contribution in [0.15, 0.2) is 42.5 Å². The van der Waals surface area contributed by atoms with Crippen molar-refractivity contribution >= 4 is 34.2 Å². The zero-order valence-corrected chi connectivity index (χ0v) is 16.0. The summed E-state index contributed by atoms with van der Waals surface area (Å²) in [6.45, 7) is 6.05. The van der Waals surface area contributed by atoms with Gasteiger partial charge in [-0.15, -0.1) is 0 Å². The second-order valence-corrected chi connectivity index (χ2v) is 7.11. The first-order chi connectivity index (χ1) is 13.4. The Morgan fingerprint density at radius 1 is 1.32 bits per heavy atom. The summed E-state index contributed by atoms with van der Waals surface area (Å²) in [5.74, 6) is 0.904. The molecule has 0 fully saturated rings. The lowest BCUT2D eigenvalue weighted by atomic mass is 10.1. The molecular formula is C21H22N4O3. The second kappa shape index (κ2) is 6.99. The van der Waals surface area contributed by atoms with Gasteiger partial charge in [0.2, 0.25) is 5.91 Å². The number of hydrogen-bond acceptors (Lipinski definition) is 4. The molecule has 0 radical (unpaired) electrons. The van der Waals surface area contributed by atoms with Gasteiger partial charge in [0.15, 0.2) is 6.10 Å². The fourth-order valence-corrected chi connectivity index (χ4v) is 3.34. The van der Waals surface area contributed by atoms with Gasteiger partial charge in [0.1, 0.15) is 11.6 Å². The Bertz CT molecular complexity index is 1070. The molecule has 2 unspecified atom stereocenters. The van der Waals surface area contributed by atoms with E-state index in [0.717, 1.165) is 16.9 Å². The van der Waals surface area contributed by atoms with Crippen LogP contribution in [0, 0.1) is 12.8 Å². The quantitative estimate of drug-likeness (QED) is 0.729. The predicted octanol–water partition coefficient (Wildman–Crippen LogP) is 3.34. The maximum absolute atomic E-state index is 12.7. The molecule has 3 aromatic rings. The molecule has 0 spiro atoms. The van der Waals surface area contributed by atoms with E-state index >= 15 is 0 Å². The summed E-state index contributed by atoms with van der Waals surface area (Å²) in [7, 11) is 0. The molecule has 7 nitrogen and oxygen atoms in total. The molecule has 2 aromatic carbocycles. The van der Waals surface area contributed by atoms with Crippen LogP contribution in [0.3, 0.4) is 0 Å². The normalized spacial score (nSPS) is 16.8. The summed E-state index contributed by atoms with van der Waals surface area (Å²) in [6, 6.07) is 13.1. The van der Waals surface area contributed by atoms with Crippen molar-refractivity contribution in [3.8, 4) is 5.75 Å². The lowest BCUT2D eigenvalue weighted by Gasteiger charge is -2.24. The van der Waals surface area contributed by atoms with E-state index in [1.165, 1.54) is 0 Å². The maximum Gasteiger partial charge on any atom is 0.265 e. The van der Waals surface area contributed by atoms with Crippen molar-refractivity contribution in [3.63, 3.8) is 0 Å². The summed E-state index contributed by atoms with van der Waals surface area (Å²) in [5, 5.41) is 5.71. The van der Waals surface area contributed by atoms with Crippen molar-refractivity contribution in [1.82, 2.24) is 9.55 Å². The highest BCUT2D eigenvalue weighted by Gasteiger charge is 2.24. The molecule has 0 saturated carbocycles. The van der Waals surface area contributed by atoms with E-state index < -0.39 is 6.10 Å². The first-order valence-electron chi connectivity index (χ1n) is 9.26. The minimum Gasteiger partial charge on any atom is -0.479 e. The number of para-hydroxylation sites is 2. The molecule has 1 aliphatic rings. The molecule has 144 valence electrons. The van der Waals surface area contributed by atoms with E-state index in [1.807, 2.05) is 38.1 Å². The van der Waals surface area contributed by atoms with E-state index in [9.17, 15) is 9.59 Å². The van der Waals surface area contributed by atoms with Gasteiger partial charge in [-0.05, 0) is 44.2 Å². The minimum absolute atomic E-state index is 0.103. The van der Waals surface area contributed by atoms with E-state index in [0.29, 0.717) is 23.7 Å². The third kappa shape index (κ3) is 3.31. The van der Waals surface area contributed by atoms with Crippen LogP contribution in [0.25, 0.3) is 11.0 Å². The van der Waals surface area contributed by atoms with Crippen LogP contribution in [0.5, 0.6) is 5.75 Å². The van der Waals surface area contributed by atoms with Crippen molar-refractivity contribution in [2.24, 2.45) is 5.92 Å². The monoisotopic (exact) mass is 378 g/mol. The number of nitrogens with one attached hydrogen (secondary N) is 2. The molecule has 2 N–H and O–H groups in total. The molecule has 28 heavy (non-hydrogen) atoms. The number of rotatable bonds is 4. The molecule has 2 amide bonds. The van der Waals surface area contributed by atoms with Gasteiger partial charge in [-0.2, -0.15) is 0 Å². The standard InChI is InChI=1S/C21H22N4O3/c1-12(11-25-14(3)22-16-6-4-5-7-18(16)25)20(26)23-15-8-9-19-17(10-15)24-21(27)13(2)28-19/h4-10,12-13H,11H2,1-3H3,(H,23,26)(H,24,27). The molecule has 1 aromatic heterocycles. The summed E-state index contributed by atoms with van der Waals surface area (Å²) < 4.78 is 7.60. The van der Waals surface area contributed by atoms with Crippen LogP contribution in [-0.4, -0.2) is 27.5 Å². The van der Waals surface area contributed by atoms with Gasteiger partial charge in [-0.1, -0.05) is 19.1 Å². The fourth-order valence-electron chi connectivity index (χ4n) is 3.34. The molecule has 1 aliphatic heterocycles. The lowest BCUT2D eigenvalue weighted by Crippen LogP contribution is -2.34. The number of ether oxygens (including phenoxy) is 1. The highest BCUT2D eigenvalue weighted by molar-refractivity contribution is 5.99. The van der Waals surface area contributed by atoms with Crippen LogP contribution >= 0.6 is 0 Å². The SMILES string of the molecule is Cc1nc2ccccc2n1CC(C)C(=O)Nc1ccc2c(c1)NC(=O)C(C)O2. The van der Waals surface area contributed by atoms with Crippen molar-refractivity contribution < 1.29 is 14.3 Å². The van der Waals surface area contributed by atoms with Crippen LogP contribution in [-0.2, 0) is 16.1 Å². The Kier molecular flexibility index (Phi) is 4.50. The van der Waals surface area contributed by atoms with Crippen molar-refractivity contribution in [1.29, 1.82) is 0 Å². The third-order valence-electron chi connectivity index (χ3n) is 4.93. The van der Waals surface area contributed by atoms with Gasteiger partial charge in [0.05, 0.1) is 22.6 Å². The zero-order chi connectivity index (χ0) is 19.8. The molecule has 2 heterocycles. The molecule has 7 heteroatoms. The number of aryl methyl sites for hydroxylation is 1. The van der Waals surface area contributed by atoms with Crippen molar-refractivity contribution in [2.45, 2.75) is 33.4 Å². The Labute approximate surface area is 162 Å². The number of aromatic nitrogens is 2. The van der Waals surface area contributed by atoms with Crippen LogP contribution in [0.1, 0.15) is 19.7 Å². The molecule has 2 atom stereocenters. The predicted molar refractivity (Wildman–Crippen MR) is 107 cm³/mol. The number of carbonyl (C=O) groups is 2. The number of nitrogens with zero attached hydrogens (tertiary/aromatic N) is 2. The maximum atomic E-state index is 12.7. The second-order valence-electron chi connectivity index (χ2n) is 7.11. The Morgan fingerprint density at radius 3 is 2.93 bits per heavy atom. The molecule has 0 saturated heterocycles. The topological polar surface area (TPSA) is 85.3 Å². The van der Waals surface area contributed by atoms with Gasteiger partial charge in [-0.25, -0.2) is 4.98 Å². The third-order valence-corrected chi connectivity index (χ3v) is 4.93. The Morgan fingerprint density at radius 2 is 2.11 bits per heavy atom. The largest absolute Gasteiger partial charge is 0.479 e. The lowest BCUT2D eigenvalue weighted by molar-refractivity contribution is -0.122. The first kappa shape index (κ1) is 18.0. The fraction of sp³-hybridized carbons (Fsp3) is 0.286. The zero-order valence-electron chi connectivity index (χ0n) is 16.0. The summed E-state index contributed by atoms with van der Waals surface area (Å²) in [6.07, 6.45) is -0.527. The van der Waals surface area contributed by atoms with Crippen LogP contribution < -0.4 is 15.4 Å². The van der Waals surface area contributed by atoms with E-state index in [1.54, 1.807) is 25.1 Å². The van der Waals surface area contributed by atoms with E-state index in [2.05, 4.69) is 20.2 Å². The van der Waals surface area contributed by atoms with Crippen LogP contribution in [0.2, 0.25) is 0 Å². The van der Waals surface area contributed by atoms with Crippen LogP contribution in [0.4, 0.5) is 11.4 Å². The van der Waals surface area contributed by atoms with Gasteiger partial charge < -0.3 is 19.9 Å². The van der Waals surface area contributed by atoms with Gasteiger partial charge in [0, 0.05) is 12.2 Å². The number of anilines is 2. The average molecular weight is 378 g/mol. The number of benzene rings is 2. The van der Waals surface area contributed by atoms with Gasteiger partial charge in [-0.3, -0.25) is 9.59 Å². The highest BCUT2D eigenvalue weighted by Crippen LogP contribution is 2.32. The average Bonchev–Trinajstić information content (AvgIpc) is 2.98. The number of imidazole rings is 1. The van der Waals surface area contributed by atoms with Crippen molar-refractivity contribution in [3.05, 3.63) is 48.3 Å². The molecule has 0 bridgehead atoms. The first-order valence-corrected chi connectivity index (χ1v) is 9.26. The molecule has 0 aliphatic carbocycles. The summed E-state index contributed by atoms with van der Waals surface area (Å²) >= 11 is 0. The number of fused-ring (bicyclic) bond motifs is 2. The molecular weight excluding hydrogens is 356 g/mol. The Balaban J connectivity index is 1.48. The minimum atomic E-state index is -0.527. The van der Waals surface area contributed by atoms with Gasteiger partial charge in [0.25, 0.3) is 5.91 Å². The van der Waals surface area contributed by atoms with E-state index in [-0.39, 0.29) is 17.7 Å². The van der Waals surface area contributed by atoms with E-state index in [4.69, 9.17) is 4.74 Å². The number of carbonyl (C=O) groups excluding carboxylic acids is 2. The Hall–Kier alpha value is -3.35. The summed E-state index contributed by atoms with van der Waals surface area (Å²) in [5.41, 5.74) is 3.11. The number of amides is 2. The highest BCUT2D eigenvalue weighted by atomic mass is 16.5. The number of hydrogen-bond donors (Lipinski definition) is 2. The van der Waals surface area contributed by atoms with Crippen molar-refractivity contribution in [2.75, 3.05) is 10.6 Å².